The van der Waals surface area contributed by atoms with E-state index in [1.807, 2.05) is 0 Å². The maximum atomic E-state index is 12.0. The van der Waals surface area contributed by atoms with Gasteiger partial charge in [-0.15, -0.1) is 0 Å². The zero-order valence-corrected chi connectivity index (χ0v) is 15.8. The second-order valence-electron chi connectivity index (χ2n) is 5.90. The lowest BCUT2D eigenvalue weighted by Gasteiger charge is -2.14. The van der Waals surface area contributed by atoms with Crippen LogP contribution in [0.25, 0.3) is 0 Å². The molecule has 1 aliphatic rings. The molecule has 0 bridgehead atoms. The number of phosphoric acid groups is 1. The summed E-state index contributed by atoms with van der Waals surface area (Å²) >= 11 is 0. The molecule has 9 heteroatoms. The summed E-state index contributed by atoms with van der Waals surface area (Å²) in [6.07, 6.45) is 5.81. The molecule has 0 aliphatic carbocycles. The Hall–Kier alpha value is -1.76. The average Bonchev–Trinajstić information content (AvgIpc) is 3.08. The monoisotopic (exact) mass is 387 g/mol. The van der Waals surface area contributed by atoms with Crippen LogP contribution in [0.2, 0.25) is 0 Å². The van der Waals surface area contributed by atoms with Crippen LogP contribution in [0.4, 0.5) is 0 Å². The Morgan fingerprint density at radius 3 is 2.88 bits per heavy atom. The molecule has 146 valence electrons. The number of para-hydroxylation sites is 1. The quantitative estimate of drug-likeness (QED) is 0.418. The summed E-state index contributed by atoms with van der Waals surface area (Å²) in [5.74, 6) is 0.683. The molecule has 1 heterocycles. The maximum Gasteiger partial charge on any atom is 0.527 e. The summed E-state index contributed by atoms with van der Waals surface area (Å²) in [6, 6.07) is 4.76. The van der Waals surface area contributed by atoms with Gasteiger partial charge in [-0.05, 0) is 18.6 Å². The van der Waals surface area contributed by atoms with Crippen molar-refractivity contribution >= 4 is 13.7 Å². The number of fused-ring (bicyclic) bond motifs is 1. The van der Waals surface area contributed by atoms with Gasteiger partial charge in [0.25, 0.3) is 0 Å². The molecule has 0 spiro atoms. The largest absolute Gasteiger partial charge is 0.527 e. The van der Waals surface area contributed by atoms with E-state index in [-0.39, 0.29) is 37.4 Å². The van der Waals surface area contributed by atoms with Crippen molar-refractivity contribution in [1.29, 1.82) is 0 Å². The highest BCUT2D eigenvalue weighted by molar-refractivity contribution is 7.47. The molecule has 0 saturated heterocycles. The normalized spacial score (nSPS) is 14.7. The number of carbonyl (C=O) groups excluding carboxylic acids is 1. The number of rotatable bonds is 12. The van der Waals surface area contributed by atoms with Gasteiger partial charge in [-0.25, -0.2) is 4.57 Å². The van der Waals surface area contributed by atoms with Crippen LogP contribution in [-0.4, -0.2) is 30.7 Å². The first kappa shape index (κ1) is 20.6. The number of hydrogen-bond donors (Lipinski definition) is 2. The fourth-order valence-electron chi connectivity index (χ4n) is 2.45. The third kappa shape index (κ3) is 6.86. The van der Waals surface area contributed by atoms with Gasteiger partial charge < -0.3 is 19.3 Å². The Labute approximate surface area is 153 Å². The predicted molar refractivity (Wildman–Crippen MR) is 95.4 cm³/mol. The Bertz CT molecular complexity index is 638. The van der Waals surface area contributed by atoms with Gasteiger partial charge in [0.05, 0.1) is 6.61 Å². The van der Waals surface area contributed by atoms with Crippen molar-refractivity contribution in [3.05, 3.63) is 18.2 Å². The zero-order valence-electron chi connectivity index (χ0n) is 14.9. The fourth-order valence-corrected chi connectivity index (χ4v) is 3.22. The minimum Gasteiger partial charge on any atom is -0.453 e. The van der Waals surface area contributed by atoms with E-state index in [0.29, 0.717) is 12.2 Å². The van der Waals surface area contributed by atoms with Gasteiger partial charge in [0.2, 0.25) is 18.4 Å². The molecule has 0 aromatic heterocycles. The van der Waals surface area contributed by atoms with Crippen LogP contribution in [-0.2, 0) is 13.9 Å². The molecule has 1 aliphatic heterocycles. The molecule has 0 radical (unpaired) electrons. The minimum atomic E-state index is -4.33. The van der Waals surface area contributed by atoms with Crippen molar-refractivity contribution in [3.8, 4) is 17.2 Å². The van der Waals surface area contributed by atoms with Crippen molar-refractivity contribution in [1.82, 2.24) is 5.32 Å². The Kier molecular flexibility index (Phi) is 8.22. The van der Waals surface area contributed by atoms with Crippen LogP contribution in [0.3, 0.4) is 0 Å². The minimum absolute atomic E-state index is 0.0246. The molecule has 0 saturated carbocycles. The topological polar surface area (TPSA) is 103 Å². The van der Waals surface area contributed by atoms with Crippen molar-refractivity contribution < 1.29 is 32.8 Å². The summed E-state index contributed by atoms with van der Waals surface area (Å²) < 4.78 is 32.3. The molecule has 1 atom stereocenters. The molecular weight excluding hydrogens is 361 g/mol. The van der Waals surface area contributed by atoms with E-state index in [1.165, 1.54) is 12.5 Å². The highest BCUT2D eigenvalue weighted by Gasteiger charge is 2.27. The molecule has 0 fully saturated rings. The zero-order chi connectivity index (χ0) is 18.8. The van der Waals surface area contributed by atoms with Gasteiger partial charge in [0.15, 0.2) is 11.5 Å². The Morgan fingerprint density at radius 2 is 2.08 bits per heavy atom. The van der Waals surface area contributed by atoms with Gasteiger partial charge in [-0.3, -0.25) is 14.2 Å². The summed E-state index contributed by atoms with van der Waals surface area (Å²) in [4.78, 5) is 21.4. The summed E-state index contributed by atoms with van der Waals surface area (Å²) in [6.45, 7) is 2.16. The first-order valence-electron chi connectivity index (χ1n) is 8.84. The third-order valence-electron chi connectivity index (χ3n) is 3.76. The Balaban J connectivity index is 1.65. The number of amides is 1. The number of ether oxygens (including phenoxy) is 2. The number of phosphoric ester groups is 1. The van der Waals surface area contributed by atoms with Gasteiger partial charge >= 0.3 is 7.82 Å². The van der Waals surface area contributed by atoms with Crippen molar-refractivity contribution in [2.45, 2.75) is 45.4 Å². The first-order valence-corrected chi connectivity index (χ1v) is 10.3. The van der Waals surface area contributed by atoms with E-state index >= 15 is 0 Å². The number of unbranched alkanes of at least 4 members (excludes halogenated alkanes) is 4. The second kappa shape index (κ2) is 10.4. The van der Waals surface area contributed by atoms with Gasteiger partial charge in [0, 0.05) is 13.0 Å². The predicted octanol–water partition coefficient (Wildman–Crippen LogP) is 3.39. The maximum absolute atomic E-state index is 12.0. The van der Waals surface area contributed by atoms with Crippen LogP contribution < -0.4 is 19.3 Å². The number of nitrogens with one attached hydrogen (secondary N) is 1. The number of carbonyl (C=O) groups is 1. The van der Waals surface area contributed by atoms with Crippen LogP contribution in [0, 0.1) is 0 Å². The van der Waals surface area contributed by atoms with Crippen molar-refractivity contribution in [2.24, 2.45) is 0 Å². The van der Waals surface area contributed by atoms with Crippen LogP contribution in [0.5, 0.6) is 17.2 Å². The summed E-state index contributed by atoms with van der Waals surface area (Å²) in [7, 11) is -4.33. The molecule has 2 rings (SSSR count). The molecule has 1 amide bonds. The van der Waals surface area contributed by atoms with Crippen LogP contribution in [0.15, 0.2) is 18.2 Å². The van der Waals surface area contributed by atoms with Crippen molar-refractivity contribution in [3.63, 3.8) is 0 Å². The summed E-state index contributed by atoms with van der Waals surface area (Å²) in [5, 5.41) is 2.66. The standard InChI is InChI=1S/C17H26NO7P/c1-2-3-4-5-6-10-16(19)18-11-12-24-26(20,21)25-15-9-7-8-14-17(15)23-13-22-14/h7-9H,2-6,10-13H2,1H3,(H,18,19)(H,20,21). The van der Waals surface area contributed by atoms with E-state index < -0.39 is 7.82 Å². The van der Waals surface area contributed by atoms with Gasteiger partial charge in [-0.2, -0.15) is 0 Å². The van der Waals surface area contributed by atoms with E-state index in [0.717, 1.165) is 25.7 Å². The molecule has 1 aromatic carbocycles. The smallest absolute Gasteiger partial charge is 0.453 e. The van der Waals surface area contributed by atoms with Gasteiger partial charge in [-0.1, -0.05) is 38.7 Å². The van der Waals surface area contributed by atoms with Crippen LogP contribution in [0.1, 0.15) is 45.4 Å². The van der Waals surface area contributed by atoms with Crippen molar-refractivity contribution in [2.75, 3.05) is 19.9 Å². The second-order valence-corrected chi connectivity index (χ2v) is 7.28. The molecule has 2 N–H and O–H groups in total. The molecular formula is C17H26NO7P. The third-order valence-corrected chi connectivity index (χ3v) is 4.70. The molecule has 1 unspecified atom stereocenters. The average molecular weight is 387 g/mol. The lowest BCUT2D eigenvalue weighted by molar-refractivity contribution is -0.121. The van der Waals surface area contributed by atoms with Crippen LogP contribution >= 0.6 is 7.82 Å². The summed E-state index contributed by atoms with van der Waals surface area (Å²) in [5.41, 5.74) is 0. The molecule has 26 heavy (non-hydrogen) atoms. The fraction of sp³-hybridized carbons (Fsp3) is 0.588. The van der Waals surface area contributed by atoms with E-state index in [1.54, 1.807) is 12.1 Å². The van der Waals surface area contributed by atoms with E-state index in [4.69, 9.17) is 18.5 Å². The van der Waals surface area contributed by atoms with E-state index in [9.17, 15) is 14.3 Å². The first-order chi connectivity index (χ1) is 12.5. The molecule has 8 nitrogen and oxygen atoms in total. The van der Waals surface area contributed by atoms with Gasteiger partial charge in [0.1, 0.15) is 0 Å². The number of hydrogen-bond acceptors (Lipinski definition) is 6. The highest BCUT2D eigenvalue weighted by atomic mass is 31.2. The lowest BCUT2D eigenvalue weighted by atomic mass is 10.1. The highest BCUT2D eigenvalue weighted by Crippen LogP contribution is 2.50. The Morgan fingerprint density at radius 1 is 1.27 bits per heavy atom. The lowest BCUT2D eigenvalue weighted by Crippen LogP contribution is -2.26. The van der Waals surface area contributed by atoms with E-state index in [2.05, 4.69) is 12.2 Å². The molecule has 1 aromatic rings. The number of benzene rings is 1. The SMILES string of the molecule is CCCCCCCC(=O)NCCOP(=O)(O)Oc1cccc2c1OCO2.